The molecule has 3 aliphatic rings. The molecule has 3 N–H and O–H groups in total. The van der Waals surface area contributed by atoms with Crippen LogP contribution in [0.5, 0.6) is 0 Å². The highest BCUT2D eigenvalue weighted by Gasteiger charge is 2.56. The molecule has 0 aromatic heterocycles. The molecule has 8 nitrogen and oxygen atoms in total. The SMILES string of the molecule is CC1(CN)CN(c2ccc3c(c2)C(=O)N(C2CCC(=O)NC2=O)C3=O)CC1(F)F. The van der Waals surface area contributed by atoms with Gasteiger partial charge in [-0.2, -0.15) is 0 Å². The molecule has 4 rings (SSSR count). The molecule has 4 amide bonds. The lowest BCUT2D eigenvalue weighted by Gasteiger charge is -2.27. The fourth-order valence-corrected chi connectivity index (χ4v) is 4.08. The number of alkyl halides is 2. The summed E-state index contributed by atoms with van der Waals surface area (Å²) in [7, 11) is 0. The molecule has 29 heavy (non-hydrogen) atoms. The van der Waals surface area contributed by atoms with Crippen LogP contribution >= 0.6 is 0 Å². The second kappa shape index (κ2) is 6.31. The molecule has 0 bridgehead atoms. The summed E-state index contributed by atoms with van der Waals surface area (Å²) in [5, 5.41) is 2.13. The topological polar surface area (TPSA) is 113 Å². The monoisotopic (exact) mass is 406 g/mol. The van der Waals surface area contributed by atoms with E-state index in [1.165, 1.54) is 30.0 Å². The highest BCUT2D eigenvalue weighted by Crippen LogP contribution is 2.44. The molecule has 0 spiro atoms. The van der Waals surface area contributed by atoms with Crippen molar-refractivity contribution >= 4 is 29.3 Å². The average molecular weight is 406 g/mol. The third-order valence-electron chi connectivity index (χ3n) is 6.05. The summed E-state index contributed by atoms with van der Waals surface area (Å²) in [6.45, 7) is 0.689. The Morgan fingerprint density at radius 1 is 1.14 bits per heavy atom. The number of amides is 4. The zero-order valence-corrected chi connectivity index (χ0v) is 15.7. The molecule has 3 aliphatic heterocycles. The van der Waals surface area contributed by atoms with Crippen LogP contribution in [0.25, 0.3) is 0 Å². The van der Waals surface area contributed by atoms with Crippen molar-refractivity contribution in [1.29, 1.82) is 0 Å². The minimum absolute atomic E-state index is 0.00821. The minimum Gasteiger partial charge on any atom is -0.365 e. The molecule has 0 saturated carbocycles. The first kappa shape index (κ1) is 19.4. The Bertz CT molecular complexity index is 950. The number of hydrogen-bond donors (Lipinski definition) is 2. The summed E-state index contributed by atoms with van der Waals surface area (Å²) in [5.41, 5.74) is 4.71. The molecule has 1 aromatic rings. The van der Waals surface area contributed by atoms with E-state index >= 15 is 0 Å². The molecule has 2 atom stereocenters. The fraction of sp³-hybridized carbons (Fsp3) is 0.474. The van der Waals surface area contributed by atoms with Crippen molar-refractivity contribution in [2.45, 2.75) is 31.7 Å². The third-order valence-corrected chi connectivity index (χ3v) is 6.05. The summed E-state index contributed by atoms with van der Waals surface area (Å²) in [6.07, 6.45) is 0.0752. The maximum atomic E-state index is 14.4. The van der Waals surface area contributed by atoms with Crippen molar-refractivity contribution in [1.82, 2.24) is 10.2 Å². The van der Waals surface area contributed by atoms with Crippen LogP contribution in [0.1, 0.15) is 40.5 Å². The van der Waals surface area contributed by atoms with E-state index in [0.717, 1.165) is 4.90 Å². The summed E-state index contributed by atoms with van der Waals surface area (Å²) in [6, 6.07) is 3.25. The molecule has 0 radical (unpaired) electrons. The Labute approximate surface area is 165 Å². The molecular formula is C19H20F2N4O4. The van der Waals surface area contributed by atoms with Crippen LogP contribution in [0, 0.1) is 5.41 Å². The molecule has 154 valence electrons. The lowest BCUT2D eigenvalue weighted by atomic mass is 9.86. The zero-order valence-electron chi connectivity index (χ0n) is 15.7. The second-order valence-corrected chi connectivity index (χ2v) is 8.00. The molecule has 10 heteroatoms. The normalized spacial score (nSPS) is 28.8. The first-order valence-electron chi connectivity index (χ1n) is 9.26. The van der Waals surface area contributed by atoms with Gasteiger partial charge in [0.2, 0.25) is 11.8 Å². The largest absolute Gasteiger partial charge is 0.365 e. The lowest BCUT2D eigenvalue weighted by Crippen LogP contribution is -2.54. The number of anilines is 1. The van der Waals surface area contributed by atoms with Crippen molar-refractivity contribution in [2.24, 2.45) is 11.1 Å². The molecule has 2 saturated heterocycles. The van der Waals surface area contributed by atoms with Crippen LogP contribution in [-0.2, 0) is 9.59 Å². The molecular weight excluding hydrogens is 386 g/mol. The average Bonchev–Trinajstić information content (AvgIpc) is 3.06. The molecule has 0 aliphatic carbocycles. The van der Waals surface area contributed by atoms with E-state index < -0.39 is 47.6 Å². The summed E-state index contributed by atoms with van der Waals surface area (Å²) < 4.78 is 28.8. The zero-order chi connectivity index (χ0) is 21.1. The molecule has 2 fully saturated rings. The van der Waals surface area contributed by atoms with E-state index in [2.05, 4.69) is 5.32 Å². The number of benzene rings is 1. The minimum atomic E-state index is -3.00. The lowest BCUT2D eigenvalue weighted by molar-refractivity contribution is -0.136. The Kier molecular flexibility index (Phi) is 4.23. The van der Waals surface area contributed by atoms with E-state index in [4.69, 9.17) is 5.73 Å². The fourth-order valence-electron chi connectivity index (χ4n) is 4.08. The number of nitrogens with zero attached hydrogens (tertiary/aromatic N) is 2. The van der Waals surface area contributed by atoms with Crippen molar-refractivity contribution in [2.75, 3.05) is 24.5 Å². The summed E-state index contributed by atoms with van der Waals surface area (Å²) in [4.78, 5) is 51.3. The van der Waals surface area contributed by atoms with Gasteiger partial charge in [0, 0.05) is 25.2 Å². The third kappa shape index (κ3) is 2.81. The van der Waals surface area contributed by atoms with E-state index in [1.807, 2.05) is 0 Å². The first-order valence-corrected chi connectivity index (χ1v) is 9.26. The number of carbonyl (C=O) groups is 4. The smallest absolute Gasteiger partial charge is 0.273 e. The number of imide groups is 2. The maximum Gasteiger partial charge on any atom is 0.273 e. The molecule has 2 unspecified atom stereocenters. The van der Waals surface area contributed by atoms with E-state index in [1.54, 1.807) is 0 Å². The van der Waals surface area contributed by atoms with Gasteiger partial charge in [-0.05, 0) is 24.6 Å². The van der Waals surface area contributed by atoms with Crippen molar-refractivity contribution in [3.8, 4) is 0 Å². The highest BCUT2D eigenvalue weighted by atomic mass is 19.3. The van der Waals surface area contributed by atoms with Crippen molar-refractivity contribution in [3.05, 3.63) is 29.3 Å². The number of rotatable bonds is 3. The van der Waals surface area contributed by atoms with Crippen LogP contribution < -0.4 is 16.0 Å². The Morgan fingerprint density at radius 2 is 1.83 bits per heavy atom. The molecule has 1 aromatic carbocycles. The number of halogens is 2. The number of nitrogens with two attached hydrogens (primary N) is 1. The van der Waals surface area contributed by atoms with E-state index in [-0.39, 0.29) is 37.1 Å². The van der Waals surface area contributed by atoms with E-state index in [9.17, 15) is 28.0 Å². The van der Waals surface area contributed by atoms with Gasteiger partial charge in [0.05, 0.1) is 23.1 Å². The van der Waals surface area contributed by atoms with Gasteiger partial charge >= 0.3 is 0 Å². The predicted octanol–water partition coefficient (Wildman–Crippen LogP) is 0.508. The number of nitrogens with one attached hydrogen (secondary N) is 1. The van der Waals surface area contributed by atoms with Crippen LogP contribution in [0.15, 0.2) is 18.2 Å². The van der Waals surface area contributed by atoms with Gasteiger partial charge in [-0.15, -0.1) is 0 Å². The number of hydrogen-bond acceptors (Lipinski definition) is 6. The van der Waals surface area contributed by atoms with Gasteiger partial charge in [-0.1, -0.05) is 6.92 Å². The van der Waals surface area contributed by atoms with Gasteiger partial charge in [0.1, 0.15) is 6.04 Å². The van der Waals surface area contributed by atoms with Crippen LogP contribution in [0.2, 0.25) is 0 Å². The van der Waals surface area contributed by atoms with Gasteiger partial charge in [0.15, 0.2) is 0 Å². The Morgan fingerprint density at radius 3 is 2.45 bits per heavy atom. The summed E-state index contributed by atoms with van der Waals surface area (Å²) >= 11 is 0. The first-order chi connectivity index (χ1) is 13.6. The van der Waals surface area contributed by atoms with Crippen molar-refractivity contribution in [3.63, 3.8) is 0 Å². The Hall–Kier alpha value is -2.88. The van der Waals surface area contributed by atoms with Crippen molar-refractivity contribution < 1.29 is 28.0 Å². The summed E-state index contributed by atoms with van der Waals surface area (Å²) in [5.74, 6) is -5.46. The van der Waals surface area contributed by atoms with Gasteiger partial charge in [-0.3, -0.25) is 29.4 Å². The molecule has 3 heterocycles. The Balaban J connectivity index is 1.63. The maximum absolute atomic E-state index is 14.4. The highest BCUT2D eigenvalue weighted by molar-refractivity contribution is 6.23. The van der Waals surface area contributed by atoms with Gasteiger partial charge in [-0.25, -0.2) is 8.78 Å². The van der Waals surface area contributed by atoms with E-state index in [0.29, 0.717) is 5.69 Å². The standard InChI is InChI=1S/C19H20F2N4O4/c1-18(7-22)8-24(9-19(18,20)21)10-2-3-11-12(6-10)17(29)25(16(11)28)13-4-5-14(26)23-15(13)27/h2-3,6,13H,4-5,7-9,22H2,1H3,(H,23,26,27). The van der Waals surface area contributed by atoms with Gasteiger partial charge in [0.25, 0.3) is 17.7 Å². The quantitative estimate of drug-likeness (QED) is 0.708. The van der Waals surface area contributed by atoms with Crippen LogP contribution in [-0.4, -0.2) is 60.1 Å². The number of fused-ring (bicyclic) bond motifs is 1. The second-order valence-electron chi connectivity index (χ2n) is 8.00. The predicted molar refractivity (Wildman–Crippen MR) is 97.4 cm³/mol. The number of carbonyl (C=O) groups excluding carboxylic acids is 4. The van der Waals surface area contributed by atoms with Crippen LogP contribution in [0.4, 0.5) is 14.5 Å². The van der Waals surface area contributed by atoms with Crippen LogP contribution in [0.3, 0.4) is 0 Å². The van der Waals surface area contributed by atoms with Gasteiger partial charge < -0.3 is 10.6 Å². The number of piperidine rings is 1.